The largest absolute Gasteiger partial charge is 0.451 e. The van der Waals surface area contributed by atoms with Gasteiger partial charge >= 0.3 is 5.97 Å². The Morgan fingerprint density at radius 2 is 1.84 bits per heavy atom. The van der Waals surface area contributed by atoms with Crippen LogP contribution in [0.3, 0.4) is 0 Å². The van der Waals surface area contributed by atoms with Gasteiger partial charge in [0.1, 0.15) is 11.6 Å². The van der Waals surface area contributed by atoms with Crippen molar-refractivity contribution < 1.29 is 19.1 Å². The highest BCUT2D eigenvalue weighted by Crippen LogP contribution is 2.19. The van der Waals surface area contributed by atoms with Crippen LogP contribution in [0.25, 0.3) is 6.08 Å². The minimum atomic E-state index is -0.866. The number of anilines is 1. The lowest BCUT2D eigenvalue weighted by Crippen LogP contribution is -2.22. The van der Waals surface area contributed by atoms with Crippen molar-refractivity contribution >= 4 is 29.5 Å². The summed E-state index contributed by atoms with van der Waals surface area (Å²) < 4.78 is 7.13. The predicted octanol–water partition coefficient (Wildman–Crippen LogP) is 3.31. The molecule has 8 heteroatoms. The van der Waals surface area contributed by atoms with Crippen LogP contribution >= 0.6 is 0 Å². The quantitative estimate of drug-likeness (QED) is 0.388. The van der Waals surface area contributed by atoms with Gasteiger partial charge in [0.25, 0.3) is 11.8 Å². The van der Waals surface area contributed by atoms with Crippen molar-refractivity contribution in [3.63, 3.8) is 0 Å². The van der Waals surface area contributed by atoms with Crippen LogP contribution < -0.4 is 5.32 Å². The summed E-state index contributed by atoms with van der Waals surface area (Å²) in [5, 5.41) is 12.0. The molecule has 0 unspecified atom stereocenters. The zero-order valence-corrected chi connectivity index (χ0v) is 19.1. The maximum atomic E-state index is 12.3. The number of ether oxygens (including phenoxy) is 1. The van der Waals surface area contributed by atoms with Gasteiger partial charge in [0.15, 0.2) is 6.61 Å². The average molecular weight is 437 g/mol. The van der Waals surface area contributed by atoms with Crippen LogP contribution in [0.15, 0.2) is 35.9 Å². The van der Waals surface area contributed by atoms with E-state index in [0.29, 0.717) is 11.3 Å². The van der Waals surface area contributed by atoms with Crippen molar-refractivity contribution in [2.24, 2.45) is 0 Å². The number of hydrogen-bond donors (Lipinski definition) is 1. The molecule has 0 spiro atoms. The summed E-state index contributed by atoms with van der Waals surface area (Å²) in [5.74, 6) is -1.57. The number of esters is 1. The minimum Gasteiger partial charge on any atom is -0.451 e. The summed E-state index contributed by atoms with van der Waals surface area (Å²) in [7, 11) is 3.30. The Bertz CT molecular complexity index is 1070. The van der Waals surface area contributed by atoms with Crippen LogP contribution in [0.1, 0.15) is 40.7 Å². The minimum absolute atomic E-state index is 0.150. The summed E-state index contributed by atoms with van der Waals surface area (Å²) >= 11 is 0. The third-order valence-electron chi connectivity index (χ3n) is 4.86. The van der Waals surface area contributed by atoms with Crippen LogP contribution in [-0.2, 0) is 20.9 Å². The van der Waals surface area contributed by atoms with Crippen molar-refractivity contribution in [2.75, 3.05) is 26.0 Å². The van der Waals surface area contributed by atoms with Crippen LogP contribution in [0.2, 0.25) is 0 Å². The van der Waals surface area contributed by atoms with Gasteiger partial charge in [-0.3, -0.25) is 9.59 Å². The van der Waals surface area contributed by atoms with E-state index in [9.17, 15) is 19.6 Å². The number of hydrogen-bond acceptors (Lipinski definition) is 5. The SMILES string of the molecule is CCCn1c(C)cc(/C=C(\C#N)C(=O)OCC(=O)Nc2ccc(C(=O)N(C)C)cc2)c1C. The molecule has 168 valence electrons. The predicted molar refractivity (Wildman–Crippen MR) is 122 cm³/mol. The Balaban J connectivity index is 1.99. The lowest BCUT2D eigenvalue weighted by molar-refractivity contribution is -0.142. The molecule has 2 rings (SSSR count). The van der Waals surface area contributed by atoms with Crippen LogP contribution in [0.5, 0.6) is 0 Å². The van der Waals surface area contributed by atoms with Gasteiger partial charge in [-0.25, -0.2) is 4.79 Å². The second-order valence-electron chi connectivity index (χ2n) is 7.55. The number of nitriles is 1. The van der Waals surface area contributed by atoms with E-state index in [-0.39, 0.29) is 11.5 Å². The molecular formula is C24H28N4O4. The van der Waals surface area contributed by atoms with Crippen molar-refractivity contribution in [3.8, 4) is 6.07 Å². The molecule has 0 saturated carbocycles. The zero-order valence-electron chi connectivity index (χ0n) is 19.1. The number of aryl methyl sites for hydroxylation is 1. The molecule has 0 aliphatic rings. The van der Waals surface area contributed by atoms with E-state index >= 15 is 0 Å². The fourth-order valence-electron chi connectivity index (χ4n) is 3.19. The Labute approximate surface area is 188 Å². The molecule has 2 amide bonds. The Morgan fingerprint density at radius 3 is 2.41 bits per heavy atom. The molecule has 0 aliphatic carbocycles. The highest BCUT2D eigenvalue weighted by atomic mass is 16.5. The normalized spacial score (nSPS) is 10.9. The highest BCUT2D eigenvalue weighted by Gasteiger charge is 2.16. The molecule has 1 N–H and O–H groups in total. The maximum Gasteiger partial charge on any atom is 0.349 e. The molecular weight excluding hydrogens is 408 g/mol. The molecule has 0 bridgehead atoms. The number of aromatic nitrogens is 1. The molecule has 0 fully saturated rings. The van der Waals surface area contributed by atoms with Gasteiger partial charge in [0.2, 0.25) is 0 Å². The van der Waals surface area contributed by atoms with Crippen LogP contribution in [0.4, 0.5) is 5.69 Å². The summed E-state index contributed by atoms with van der Waals surface area (Å²) in [5.41, 5.74) is 3.53. The van der Waals surface area contributed by atoms with Gasteiger partial charge in [-0.1, -0.05) is 6.92 Å². The molecule has 1 heterocycles. The first kappa shape index (κ1) is 24.4. The van der Waals surface area contributed by atoms with E-state index in [0.717, 1.165) is 29.9 Å². The molecule has 1 aromatic carbocycles. The van der Waals surface area contributed by atoms with Gasteiger partial charge in [0, 0.05) is 43.3 Å². The smallest absolute Gasteiger partial charge is 0.349 e. The number of nitrogens with zero attached hydrogens (tertiary/aromatic N) is 3. The lowest BCUT2D eigenvalue weighted by atomic mass is 10.1. The number of rotatable bonds is 8. The Hall–Kier alpha value is -3.86. The van der Waals surface area contributed by atoms with E-state index < -0.39 is 18.5 Å². The second kappa shape index (κ2) is 11.0. The fraction of sp³-hybridized carbons (Fsp3) is 0.333. The number of carbonyl (C=O) groups is 3. The van der Waals surface area contributed by atoms with Crippen molar-refractivity contribution in [1.82, 2.24) is 9.47 Å². The molecule has 8 nitrogen and oxygen atoms in total. The third kappa shape index (κ3) is 6.08. The van der Waals surface area contributed by atoms with Gasteiger partial charge in [-0.2, -0.15) is 5.26 Å². The van der Waals surface area contributed by atoms with Crippen molar-refractivity contribution in [2.45, 2.75) is 33.7 Å². The van der Waals surface area contributed by atoms with E-state index in [2.05, 4.69) is 16.8 Å². The van der Waals surface area contributed by atoms with Crippen molar-refractivity contribution in [3.05, 3.63) is 58.4 Å². The van der Waals surface area contributed by atoms with Gasteiger partial charge in [-0.05, 0) is 62.2 Å². The lowest BCUT2D eigenvalue weighted by Gasteiger charge is -2.11. The Kier molecular flexibility index (Phi) is 8.36. The third-order valence-corrected chi connectivity index (χ3v) is 4.86. The molecule has 0 aliphatic heterocycles. The molecule has 0 radical (unpaired) electrons. The first-order chi connectivity index (χ1) is 15.2. The van der Waals surface area contributed by atoms with Gasteiger partial charge in [0.05, 0.1) is 0 Å². The number of carbonyl (C=O) groups excluding carboxylic acids is 3. The number of amides is 2. The summed E-state index contributed by atoms with van der Waals surface area (Å²) in [6.07, 6.45) is 2.45. The van der Waals surface area contributed by atoms with E-state index in [1.54, 1.807) is 38.4 Å². The summed E-state index contributed by atoms with van der Waals surface area (Å²) in [6.45, 7) is 6.29. The fourth-order valence-corrected chi connectivity index (χ4v) is 3.19. The van der Waals surface area contributed by atoms with E-state index in [1.807, 2.05) is 26.0 Å². The van der Waals surface area contributed by atoms with E-state index in [1.165, 1.54) is 11.0 Å². The van der Waals surface area contributed by atoms with Gasteiger partial charge in [-0.15, -0.1) is 0 Å². The topological polar surface area (TPSA) is 104 Å². The Morgan fingerprint density at radius 1 is 1.19 bits per heavy atom. The number of nitrogens with one attached hydrogen (secondary N) is 1. The van der Waals surface area contributed by atoms with E-state index in [4.69, 9.17) is 4.74 Å². The zero-order chi connectivity index (χ0) is 23.8. The van der Waals surface area contributed by atoms with Gasteiger partial charge < -0.3 is 19.5 Å². The molecule has 1 aromatic heterocycles. The first-order valence-electron chi connectivity index (χ1n) is 10.2. The highest BCUT2D eigenvalue weighted by molar-refractivity contribution is 6.00. The molecule has 0 atom stereocenters. The summed E-state index contributed by atoms with van der Waals surface area (Å²) in [6, 6.07) is 10.1. The van der Waals surface area contributed by atoms with Crippen LogP contribution in [-0.4, -0.2) is 48.0 Å². The number of benzene rings is 1. The standard InChI is InChI=1S/C24H28N4O4/c1-6-11-28-16(2)12-19(17(28)3)13-20(14-25)24(31)32-15-22(29)26-21-9-7-18(8-10-21)23(30)27(4)5/h7-10,12-13H,6,11,15H2,1-5H3,(H,26,29)/b20-13+. The van der Waals surface area contributed by atoms with Crippen LogP contribution in [0, 0.1) is 25.2 Å². The second-order valence-corrected chi connectivity index (χ2v) is 7.55. The molecule has 32 heavy (non-hydrogen) atoms. The average Bonchev–Trinajstić information content (AvgIpc) is 3.03. The monoisotopic (exact) mass is 436 g/mol. The molecule has 0 saturated heterocycles. The molecule has 2 aromatic rings. The maximum absolute atomic E-state index is 12.3. The van der Waals surface area contributed by atoms with Crippen molar-refractivity contribution in [1.29, 1.82) is 5.26 Å². The first-order valence-corrected chi connectivity index (χ1v) is 10.2. The summed E-state index contributed by atoms with van der Waals surface area (Å²) in [4.78, 5) is 37.8.